The summed E-state index contributed by atoms with van der Waals surface area (Å²) in [6.45, 7) is 1.39. The van der Waals surface area contributed by atoms with Crippen molar-refractivity contribution < 1.29 is 28.6 Å². The largest absolute Gasteiger partial charge is 0.465 e. The molecule has 0 spiro atoms. The van der Waals surface area contributed by atoms with E-state index < -0.39 is 12.0 Å². The minimum Gasteiger partial charge on any atom is -0.465 e. The number of nitrogens with one attached hydrogen (secondary N) is 1. The summed E-state index contributed by atoms with van der Waals surface area (Å²) in [5.74, 6) is 0.553. The molecule has 1 aromatic heterocycles. The molecule has 0 radical (unpaired) electrons. The summed E-state index contributed by atoms with van der Waals surface area (Å²) in [4.78, 5) is 48.3. The van der Waals surface area contributed by atoms with Crippen molar-refractivity contribution in [3.8, 4) is 11.6 Å². The molecule has 1 fully saturated rings. The van der Waals surface area contributed by atoms with Crippen LogP contribution in [-0.4, -0.2) is 72.6 Å². The molecule has 1 N–H and O–H groups in total. The van der Waals surface area contributed by atoms with Crippen LogP contribution in [0.4, 0.5) is 10.5 Å². The van der Waals surface area contributed by atoms with E-state index in [0.717, 1.165) is 10.5 Å². The molecule has 41 heavy (non-hydrogen) atoms. The molecule has 12 heteroatoms. The van der Waals surface area contributed by atoms with E-state index in [4.69, 9.17) is 21.1 Å². The van der Waals surface area contributed by atoms with E-state index in [1.165, 1.54) is 13.3 Å². The molecule has 4 rings (SSSR count). The third-order valence-corrected chi connectivity index (χ3v) is 6.55. The Bertz CT molecular complexity index is 1360. The number of nitrogens with zero attached hydrogens (tertiary/aromatic N) is 4. The van der Waals surface area contributed by atoms with Crippen molar-refractivity contribution >= 4 is 41.7 Å². The Balaban J connectivity index is 1.52. The first-order valence-corrected chi connectivity index (χ1v) is 13.2. The first kappa shape index (κ1) is 29.5. The van der Waals surface area contributed by atoms with Gasteiger partial charge in [-0.15, -0.1) is 0 Å². The van der Waals surface area contributed by atoms with Gasteiger partial charge in [-0.05, 0) is 60.9 Å². The van der Waals surface area contributed by atoms with Gasteiger partial charge in [0.1, 0.15) is 5.75 Å². The molecule has 3 amide bonds. The highest BCUT2D eigenvalue weighted by Gasteiger charge is 2.27. The highest BCUT2D eigenvalue weighted by atomic mass is 35.5. The number of urea groups is 1. The van der Waals surface area contributed by atoms with E-state index >= 15 is 0 Å². The molecule has 11 nitrogen and oxygen atoms in total. The van der Waals surface area contributed by atoms with E-state index in [0.29, 0.717) is 66.9 Å². The standard InChI is InChI=1S/C29H30ClN5O6/c1-34(18-20-3-6-22(30)7-4-20)28(33-29(38)35(19-36)24-13-15-40-16-14-24)32-23-8-10-25(11-9-23)41-26-12-5-21(17-31-26)27(37)39-2/h3-12,17,19,24H,13-16,18H2,1-2H3,(H,32,33,38). The fraction of sp³-hybridized carbons (Fsp3) is 0.276. The second kappa shape index (κ2) is 14.2. The number of rotatable bonds is 8. The Morgan fingerprint density at radius 1 is 1.10 bits per heavy atom. The van der Waals surface area contributed by atoms with Crippen molar-refractivity contribution in [2.24, 2.45) is 4.99 Å². The third-order valence-electron chi connectivity index (χ3n) is 6.30. The maximum atomic E-state index is 13.2. The predicted octanol–water partition coefficient (Wildman–Crippen LogP) is 4.78. The van der Waals surface area contributed by atoms with Crippen LogP contribution in [0.25, 0.3) is 0 Å². The van der Waals surface area contributed by atoms with Gasteiger partial charge in [0.25, 0.3) is 0 Å². The molecule has 0 bridgehead atoms. The lowest BCUT2D eigenvalue weighted by molar-refractivity contribution is -0.118. The Hall–Kier alpha value is -4.48. The minimum atomic E-state index is -0.574. The van der Waals surface area contributed by atoms with Crippen LogP contribution in [0.15, 0.2) is 71.9 Å². The topological polar surface area (TPSA) is 123 Å². The van der Waals surface area contributed by atoms with E-state index in [1.54, 1.807) is 60.5 Å². The number of ether oxygens (including phenoxy) is 3. The molecule has 1 aliphatic rings. The van der Waals surface area contributed by atoms with Crippen molar-refractivity contribution in [3.63, 3.8) is 0 Å². The minimum absolute atomic E-state index is 0.248. The van der Waals surface area contributed by atoms with Crippen LogP contribution in [0, 0.1) is 0 Å². The lowest BCUT2D eigenvalue weighted by atomic mass is 10.1. The van der Waals surface area contributed by atoms with E-state index in [9.17, 15) is 14.4 Å². The number of pyridine rings is 1. The number of aliphatic imine (C=N–C) groups is 1. The van der Waals surface area contributed by atoms with Gasteiger partial charge >= 0.3 is 12.0 Å². The zero-order chi connectivity index (χ0) is 29.2. The number of esters is 1. The number of carbonyl (C=O) groups is 3. The van der Waals surface area contributed by atoms with Crippen molar-refractivity contribution in [2.75, 3.05) is 27.4 Å². The number of aromatic nitrogens is 1. The summed E-state index contributed by atoms with van der Waals surface area (Å²) in [7, 11) is 3.09. The molecular formula is C29H30ClN5O6. The summed E-state index contributed by atoms with van der Waals surface area (Å²) in [5.41, 5.74) is 1.80. The van der Waals surface area contributed by atoms with Crippen molar-refractivity contribution in [1.82, 2.24) is 20.1 Å². The van der Waals surface area contributed by atoms with Gasteiger partial charge in [-0.3, -0.25) is 15.0 Å². The maximum Gasteiger partial charge on any atom is 0.339 e. The van der Waals surface area contributed by atoms with Gasteiger partial charge < -0.3 is 19.1 Å². The molecule has 0 atom stereocenters. The van der Waals surface area contributed by atoms with Gasteiger partial charge in [0.15, 0.2) is 0 Å². The average molecular weight is 580 g/mol. The second-order valence-corrected chi connectivity index (χ2v) is 9.61. The smallest absolute Gasteiger partial charge is 0.339 e. The van der Waals surface area contributed by atoms with Crippen LogP contribution in [-0.2, 0) is 20.8 Å². The highest BCUT2D eigenvalue weighted by Crippen LogP contribution is 2.24. The Morgan fingerprint density at radius 2 is 1.80 bits per heavy atom. The predicted molar refractivity (Wildman–Crippen MR) is 152 cm³/mol. The highest BCUT2D eigenvalue weighted by molar-refractivity contribution is 6.30. The van der Waals surface area contributed by atoms with E-state index in [1.807, 2.05) is 12.1 Å². The monoisotopic (exact) mass is 579 g/mol. The Kier molecular flexibility index (Phi) is 10.2. The molecule has 0 aliphatic carbocycles. The number of amides is 3. The summed E-state index contributed by atoms with van der Waals surface area (Å²) >= 11 is 6.03. The number of carbonyl (C=O) groups excluding carboxylic acids is 3. The molecule has 1 aliphatic heterocycles. The zero-order valence-corrected chi connectivity index (χ0v) is 23.4. The molecule has 1 saturated heterocycles. The van der Waals surface area contributed by atoms with E-state index in [-0.39, 0.29) is 12.0 Å². The molecule has 214 valence electrons. The van der Waals surface area contributed by atoms with Crippen LogP contribution in [0.2, 0.25) is 5.02 Å². The molecule has 2 heterocycles. The molecular weight excluding hydrogens is 550 g/mol. The lowest BCUT2D eigenvalue weighted by Crippen LogP contribution is -2.52. The molecule has 2 aromatic carbocycles. The lowest BCUT2D eigenvalue weighted by Gasteiger charge is -2.31. The SMILES string of the molecule is COC(=O)c1ccc(Oc2ccc(N=C(NC(=O)N(C=O)C3CCOCC3)N(C)Cc3ccc(Cl)cc3)cc2)nc1. The number of halogens is 1. The Morgan fingerprint density at radius 3 is 2.41 bits per heavy atom. The Labute approximate surface area is 242 Å². The zero-order valence-electron chi connectivity index (χ0n) is 22.7. The first-order valence-electron chi connectivity index (χ1n) is 12.8. The normalized spacial score (nSPS) is 13.7. The number of benzene rings is 2. The van der Waals surface area contributed by atoms with Gasteiger partial charge in [0.05, 0.1) is 18.4 Å². The van der Waals surface area contributed by atoms with Gasteiger partial charge in [-0.25, -0.2) is 19.6 Å². The third kappa shape index (κ3) is 8.26. The average Bonchev–Trinajstić information content (AvgIpc) is 3.00. The van der Waals surface area contributed by atoms with Crippen molar-refractivity contribution in [1.29, 1.82) is 0 Å². The van der Waals surface area contributed by atoms with Gasteiger partial charge in [-0.1, -0.05) is 23.7 Å². The van der Waals surface area contributed by atoms with E-state index in [2.05, 4.69) is 20.0 Å². The van der Waals surface area contributed by atoms with Crippen LogP contribution in [0.3, 0.4) is 0 Å². The number of hydrogen-bond donors (Lipinski definition) is 1. The fourth-order valence-electron chi connectivity index (χ4n) is 4.08. The second-order valence-electron chi connectivity index (χ2n) is 9.18. The maximum absolute atomic E-state index is 13.2. The summed E-state index contributed by atoms with van der Waals surface area (Å²) in [5, 5.41) is 3.42. The number of guanidine groups is 1. The quantitative estimate of drug-likeness (QED) is 0.175. The van der Waals surface area contributed by atoms with Gasteiger partial charge in [-0.2, -0.15) is 0 Å². The molecule has 0 saturated carbocycles. The molecule has 0 unspecified atom stereocenters. The number of imide groups is 1. The summed E-state index contributed by atoms with van der Waals surface area (Å²) in [6, 6.07) is 16.5. The van der Waals surface area contributed by atoms with Gasteiger partial charge in [0, 0.05) is 50.1 Å². The van der Waals surface area contributed by atoms with Gasteiger partial charge in [0.2, 0.25) is 18.2 Å². The first-order chi connectivity index (χ1) is 19.9. The van der Waals surface area contributed by atoms with Crippen LogP contribution in [0.1, 0.15) is 28.8 Å². The van der Waals surface area contributed by atoms with Crippen LogP contribution < -0.4 is 10.1 Å². The summed E-state index contributed by atoms with van der Waals surface area (Å²) in [6.07, 6.45) is 3.05. The van der Waals surface area contributed by atoms with Crippen molar-refractivity contribution in [2.45, 2.75) is 25.4 Å². The van der Waals surface area contributed by atoms with Crippen molar-refractivity contribution in [3.05, 3.63) is 83.0 Å². The number of hydrogen-bond acceptors (Lipinski definition) is 8. The summed E-state index contributed by atoms with van der Waals surface area (Å²) < 4.78 is 15.8. The molecule has 3 aromatic rings. The number of methoxy groups -OCH3 is 1. The van der Waals surface area contributed by atoms with Crippen LogP contribution >= 0.6 is 11.6 Å². The van der Waals surface area contributed by atoms with Crippen LogP contribution in [0.5, 0.6) is 11.6 Å². The fourth-order valence-corrected chi connectivity index (χ4v) is 4.21.